The number of H-pyrrole nitrogens is 2. The van der Waals surface area contributed by atoms with E-state index in [1.165, 1.54) is 5.56 Å². The number of hydrogen-bond donors (Lipinski definition) is 2. The van der Waals surface area contributed by atoms with Crippen LogP contribution in [0.5, 0.6) is 11.5 Å². The highest BCUT2D eigenvalue weighted by Crippen LogP contribution is 2.31. The van der Waals surface area contributed by atoms with Gasteiger partial charge in [-0.3, -0.25) is 0 Å². The summed E-state index contributed by atoms with van der Waals surface area (Å²) in [6.07, 6.45) is 0. The lowest BCUT2D eigenvalue weighted by molar-refractivity contribution is 0.481. The number of benzene rings is 4. The zero-order chi connectivity index (χ0) is 29.9. The molecule has 6 rings (SSSR count). The number of nitrogens with one attached hydrogen (secondary N) is 2. The van der Waals surface area contributed by atoms with Crippen molar-refractivity contribution >= 4 is 31.9 Å². The van der Waals surface area contributed by atoms with Crippen molar-refractivity contribution in [2.45, 2.75) is 62.2 Å². The minimum Gasteiger partial charge on any atom is -0.457 e. The number of aromatic amines is 2. The van der Waals surface area contributed by atoms with Crippen LogP contribution >= 0.6 is 0 Å². The molecule has 0 spiro atoms. The molecule has 42 heavy (non-hydrogen) atoms. The minimum absolute atomic E-state index is 0.0860. The molecular formula is C34H34N4O3S. The van der Waals surface area contributed by atoms with Gasteiger partial charge in [0.05, 0.1) is 31.9 Å². The number of hydrogen-bond acceptors (Lipinski definition) is 5. The normalized spacial score (nSPS) is 12.7. The number of ether oxygens (including phenoxy) is 1. The molecule has 4 aromatic carbocycles. The van der Waals surface area contributed by atoms with Crippen LogP contribution in [0.2, 0.25) is 0 Å². The van der Waals surface area contributed by atoms with E-state index in [0.717, 1.165) is 28.4 Å². The van der Waals surface area contributed by atoms with Gasteiger partial charge in [-0.05, 0) is 83.8 Å². The number of nitrogens with zero attached hydrogens (tertiary/aromatic N) is 2. The van der Waals surface area contributed by atoms with Crippen molar-refractivity contribution in [1.82, 2.24) is 19.9 Å². The molecule has 0 aliphatic heterocycles. The topological polar surface area (TPSA) is 101 Å². The van der Waals surface area contributed by atoms with Gasteiger partial charge in [0.15, 0.2) is 0 Å². The Morgan fingerprint density at radius 3 is 1.69 bits per heavy atom. The maximum absolute atomic E-state index is 13.6. The van der Waals surface area contributed by atoms with Gasteiger partial charge in [-0.2, -0.15) is 0 Å². The third-order valence-electron chi connectivity index (χ3n) is 7.32. The number of imidazole rings is 2. The summed E-state index contributed by atoms with van der Waals surface area (Å²) >= 11 is 0. The molecule has 2 heterocycles. The third kappa shape index (κ3) is 5.30. The standard InChI is InChI=1S/C34H34N4O3S/c1-33(2,3)22-9-13-24(14-10-22)41-23-11-7-21(8-12-23)31-35-27-17-15-25(19-29(27)36-31)42(39,40)26-16-18-28-30(20-26)38-32(37-28)34(4,5)6/h7-20H,1-6H3,(H,35,36)(H,37,38). The van der Waals surface area contributed by atoms with Crippen molar-refractivity contribution in [2.75, 3.05) is 0 Å². The van der Waals surface area contributed by atoms with Gasteiger partial charge in [0.2, 0.25) is 9.84 Å². The fourth-order valence-corrected chi connectivity index (χ4v) is 6.09. The van der Waals surface area contributed by atoms with Crippen LogP contribution in [-0.2, 0) is 20.7 Å². The Bertz CT molecular complexity index is 2020. The first-order valence-corrected chi connectivity index (χ1v) is 15.4. The molecule has 8 heteroatoms. The highest BCUT2D eigenvalue weighted by molar-refractivity contribution is 7.91. The first kappa shape index (κ1) is 27.7. The molecule has 0 aliphatic rings. The maximum Gasteiger partial charge on any atom is 0.206 e. The van der Waals surface area contributed by atoms with E-state index in [4.69, 9.17) is 4.74 Å². The monoisotopic (exact) mass is 578 g/mol. The van der Waals surface area contributed by atoms with Gasteiger partial charge in [-0.1, -0.05) is 53.7 Å². The molecule has 214 valence electrons. The van der Waals surface area contributed by atoms with Crippen molar-refractivity contribution in [3.8, 4) is 22.9 Å². The van der Waals surface area contributed by atoms with Crippen molar-refractivity contribution in [1.29, 1.82) is 0 Å². The number of rotatable bonds is 5. The summed E-state index contributed by atoms with van der Waals surface area (Å²) in [6.45, 7) is 12.7. The van der Waals surface area contributed by atoms with E-state index in [2.05, 4.69) is 73.6 Å². The lowest BCUT2D eigenvalue weighted by Gasteiger charge is -2.19. The Hall–Kier alpha value is -4.43. The van der Waals surface area contributed by atoms with Gasteiger partial charge < -0.3 is 14.7 Å². The van der Waals surface area contributed by atoms with Crippen LogP contribution < -0.4 is 4.74 Å². The quantitative estimate of drug-likeness (QED) is 0.214. The second-order valence-electron chi connectivity index (χ2n) is 12.7. The van der Waals surface area contributed by atoms with Crippen LogP contribution in [0.3, 0.4) is 0 Å². The first-order valence-electron chi connectivity index (χ1n) is 13.9. The first-order chi connectivity index (χ1) is 19.8. The number of aromatic nitrogens is 4. The molecule has 6 aromatic rings. The Labute approximate surface area is 245 Å². The smallest absolute Gasteiger partial charge is 0.206 e. The molecule has 2 aromatic heterocycles. The Morgan fingerprint density at radius 1 is 0.619 bits per heavy atom. The van der Waals surface area contributed by atoms with E-state index in [9.17, 15) is 8.42 Å². The molecule has 0 saturated heterocycles. The molecule has 0 fully saturated rings. The van der Waals surface area contributed by atoms with Crippen LogP contribution in [0.1, 0.15) is 52.9 Å². The molecule has 0 saturated carbocycles. The molecule has 0 amide bonds. The lowest BCUT2D eigenvalue weighted by atomic mass is 9.87. The van der Waals surface area contributed by atoms with E-state index in [1.54, 1.807) is 36.4 Å². The van der Waals surface area contributed by atoms with Gasteiger partial charge >= 0.3 is 0 Å². The SMILES string of the molecule is CC(C)(C)c1ccc(Oc2ccc(-c3nc4ccc(S(=O)(=O)c5ccc6nc(C(C)(C)C)[nH]c6c5)cc4[nH]3)cc2)cc1. The summed E-state index contributed by atoms with van der Waals surface area (Å²) in [5, 5.41) is 0. The van der Waals surface area contributed by atoms with Gasteiger partial charge in [0.1, 0.15) is 23.1 Å². The molecule has 7 nitrogen and oxygen atoms in total. The zero-order valence-corrected chi connectivity index (χ0v) is 25.4. The predicted octanol–water partition coefficient (Wildman–Crippen LogP) is 8.33. The van der Waals surface area contributed by atoms with Gasteiger partial charge in [-0.15, -0.1) is 0 Å². The van der Waals surface area contributed by atoms with E-state index in [0.29, 0.717) is 22.4 Å². The van der Waals surface area contributed by atoms with Crippen molar-refractivity contribution < 1.29 is 13.2 Å². The Balaban J connectivity index is 1.24. The van der Waals surface area contributed by atoms with Gasteiger partial charge in [0.25, 0.3) is 0 Å². The largest absolute Gasteiger partial charge is 0.457 e. The average molecular weight is 579 g/mol. The van der Waals surface area contributed by atoms with Gasteiger partial charge in [0, 0.05) is 11.0 Å². The summed E-state index contributed by atoms with van der Waals surface area (Å²) < 4.78 is 33.2. The van der Waals surface area contributed by atoms with E-state index in [-0.39, 0.29) is 20.6 Å². The summed E-state index contributed by atoms with van der Waals surface area (Å²) in [4.78, 5) is 16.3. The highest BCUT2D eigenvalue weighted by Gasteiger charge is 2.22. The van der Waals surface area contributed by atoms with Crippen LogP contribution in [0.4, 0.5) is 0 Å². The zero-order valence-electron chi connectivity index (χ0n) is 24.6. The van der Waals surface area contributed by atoms with E-state index in [1.807, 2.05) is 36.4 Å². The summed E-state index contributed by atoms with van der Waals surface area (Å²) in [5.74, 6) is 2.95. The molecule has 0 aliphatic carbocycles. The minimum atomic E-state index is -3.76. The van der Waals surface area contributed by atoms with Crippen LogP contribution in [0.15, 0.2) is 94.7 Å². The van der Waals surface area contributed by atoms with E-state index >= 15 is 0 Å². The van der Waals surface area contributed by atoms with Crippen LogP contribution in [0.25, 0.3) is 33.5 Å². The number of fused-ring (bicyclic) bond motifs is 2. The van der Waals surface area contributed by atoms with Crippen molar-refractivity contribution in [3.05, 3.63) is 96.3 Å². The van der Waals surface area contributed by atoms with Crippen LogP contribution in [-0.4, -0.2) is 28.4 Å². The summed E-state index contributed by atoms with van der Waals surface area (Å²) in [5.41, 5.74) is 4.79. The summed E-state index contributed by atoms with van der Waals surface area (Å²) in [7, 11) is -3.76. The van der Waals surface area contributed by atoms with Crippen LogP contribution in [0, 0.1) is 0 Å². The number of sulfone groups is 1. The lowest BCUT2D eigenvalue weighted by Crippen LogP contribution is -2.12. The Kier molecular flexibility index (Phi) is 6.50. The fraction of sp³-hybridized carbons (Fsp3) is 0.235. The second kappa shape index (κ2) is 9.84. The van der Waals surface area contributed by atoms with Crippen molar-refractivity contribution in [3.63, 3.8) is 0 Å². The molecule has 0 unspecified atom stereocenters. The third-order valence-corrected chi connectivity index (χ3v) is 9.07. The summed E-state index contributed by atoms with van der Waals surface area (Å²) in [6, 6.07) is 25.8. The van der Waals surface area contributed by atoms with E-state index < -0.39 is 9.84 Å². The molecule has 0 bridgehead atoms. The van der Waals surface area contributed by atoms with Crippen molar-refractivity contribution in [2.24, 2.45) is 0 Å². The van der Waals surface area contributed by atoms with Gasteiger partial charge in [-0.25, -0.2) is 18.4 Å². The Morgan fingerprint density at radius 2 is 1.14 bits per heavy atom. The second-order valence-corrected chi connectivity index (χ2v) is 14.6. The molecule has 0 atom stereocenters. The molecule has 2 N–H and O–H groups in total. The average Bonchev–Trinajstić information content (AvgIpc) is 3.57. The molecular weight excluding hydrogens is 544 g/mol. The fourth-order valence-electron chi connectivity index (χ4n) is 4.78. The molecule has 0 radical (unpaired) electrons. The maximum atomic E-state index is 13.6. The highest BCUT2D eigenvalue weighted by atomic mass is 32.2. The predicted molar refractivity (Wildman–Crippen MR) is 167 cm³/mol.